The van der Waals surface area contributed by atoms with E-state index in [-0.39, 0.29) is 0 Å². The Labute approximate surface area is 98.0 Å². The van der Waals surface area contributed by atoms with Gasteiger partial charge in [0, 0.05) is 18.3 Å². The first-order valence-electron chi connectivity index (χ1n) is 6.65. The normalized spacial score (nSPS) is 17.8. The second-order valence-electron chi connectivity index (χ2n) is 4.85. The monoisotopic (exact) mass is 221 g/mol. The summed E-state index contributed by atoms with van der Waals surface area (Å²) in [5.41, 5.74) is 2.43. The van der Waals surface area contributed by atoms with Gasteiger partial charge in [0.1, 0.15) is 0 Å². The van der Waals surface area contributed by atoms with Gasteiger partial charge in [-0.3, -0.25) is 5.10 Å². The molecule has 2 rings (SSSR count). The molecule has 0 saturated heterocycles. The van der Waals surface area contributed by atoms with Gasteiger partial charge in [-0.15, -0.1) is 0 Å². The van der Waals surface area contributed by atoms with Crippen LogP contribution in [0.3, 0.4) is 0 Å². The first kappa shape index (κ1) is 11.6. The molecule has 0 amide bonds. The van der Waals surface area contributed by atoms with Crippen molar-refractivity contribution in [2.24, 2.45) is 0 Å². The maximum Gasteiger partial charge on any atom is 0.0625 e. The molecule has 1 aromatic rings. The van der Waals surface area contributed by atoms with Crippen molar-refractivity contribution < 1.29 is 0 Å². The lowest BCUT2D eigenvalue weighted by Crippen LogP contribution is -2.30. The van der Waals surface area contributed by atoms with E-state index >= 15 is 0 Å². The molecule has 0 radical (unpaired) electrons. The quantitative estimate of drug-likeness (QED) is 0.802. The van der Waals surface area contributed by atoms with Crippen molar-refractivity contribution in [2.75, 3.05) is 0 Å². The second-order valence-corrected chi connectivity index (χ2v) is 4.85. The highest BCUT2D eigenvalue weighted by molar-refractivity contribution is 5.08. The fourth-order valence-corrected chi connectivity index (χ4v) is 2.45. The van der Waals surface area contributed by atoms with Crippen molar-refractivity contribution >= 4 is 0 Å². The average molecular weight is 221 g/mol. The topological polar surface area (TPSA) is 40.7 Å². The van der Waals surface area contributed by atoms with Crippen LogP contribution in [0.15, 0.2) is 6.07 Å². The molecule has 3 heteroatoms. The van der Waals surface area contributed by atoms with Crippen molar-refractivity contribution in [3.63, 3.8) is 0 Å². The lowest BCUT2D eigenvalue weighted by molar-refractivity contribution is 0.371. The van der Waals surface area contributed by atoms with E-state index in [0.29, 0.717) is 0 Å². The lowest BCUT2D eigenvalue weighted by Gasteiger charge is -2.22. The number of rotatable bonds is 5. The predicted molar refractivity (Wildman–Crippen MR) is 66.3 cm³/mol. The van der Waals surface area contributed by atoms with E-state index in [9.17, 15) is 0 Å². The van der Waals surface area contributed by atoms with E-state index < -0.39 is 0 Å². The molecular formula is C13H23N3. The third-order valence-electron chi connectivity index (χ3n) is 3.38. The summed E-state index contributed by atoms with van der Waals surface area (Å²) in [6, 6.07) is 2.92. The molecule has 1 heterocycles. The van der Waals surface area contributed by atoms with E-state index in [4.69, 9.17) is 0 Å². The van der Waals surface area contributed by atoms with Gasteiger partial charge in [0.2, 0.25) is 0 Å². The first-order chi connectivity index (χ1) is 7.88. The molecule has 1 aliphatic rings. The molecule has 1 saturated carbocycles. The number of aromatic nitrogens is 2. The molecule has 1 aliphatic carbocycles. The molecule has 1 fully saturated rings. The highest BCUT2D eigenvalue weighted by Crippen LogP contribution is 2.17. The molecule has 90 valence electrons. The van der Waals surface area contributed by atoms with Gasteiger partial charge in [0.15, 0.2) is 0 Å². The Morgan fingerprint density at radius 1 is 1.38 bits per heavy atom. The molecular weight excluding hydrogens is 198 g/mol. The molecule has 0 bridgehead atoms. The molecule has 1 aromatic heterocycles. The number of H-pyrrole nitrogens is 1. The van der Waals surface area contributed by atoms with Crippen molar-refractivity contribution in [3.8, 4) is 0 Å². The van der Waals surface area contributed by atoms with Gasteiger partial charge in [-0.05, 0) is 25.3 Å². The summed E-state index contributed by atoms with van der Waals surface area (Å²) in [5.74, 6) is 0. The van der Waals surface area contributed by atoms with Gasteiger partial charge in [-0.2, -0.15) is 5.10 Å². The zero-order valence-electron chi connectivity index (χ0n) is 10.3. The molecule has 0 atom stereocenters. The Balaban J connectivity index is 1.75. The van der Waals surface area contributed by atoms with Gasteiger partial charge in [0.05, 0.1) is 5.69 Å². The van der Waals surface area contributed by atoms with Crippen LogP contribution in [0, 0.1) is 0 Å². The van der Waals surface area contributed by atoms with Gasteiger partial charge < -0.3 is 5.32 Å². The highest BCUT2D eigenvalue weighted by Gasteiger charge is 2.12. The Morgan fingerprint density at radius 2 is 2.19 bits per heavy atom. The van der Waals surface area contributed by atoms with E-state index in [2.05, 4.69) is 28.5 Å². The fourth-order valence-electron chi connectivity index (χ4n) is 2.45. The Kier molecular flexibility index (Phi) is 4.40. The molecule has 0 unspecified atom stereocenters. The van der Waals surface area contributed by atoms with Crippen LogP contribution in [0.25, 0.3) is 0 Å². The summed E-state index contributed by atoms with van der Waals surface area (Å²) >= 11 is 0. The third-order valence-corrected chi connectivity index (χ3v) is 3.38. The number of aryl methyl sites for hydroxylation is 1. The van der Waals surface area contributed by atoms with Crippen molar-refractivity contribution in [1.82, 2.24) is 15.5 Å². The molecule has 0 aliphatic heterocycles. The lowest BCUT2D eigenvalue weighted by atomic mass is 9.95. The maximum absolute atomic E-state index is 4.30. The van der Waals surface area contributed by atoms with Crippen molar-refractivity contribution in [1.29, 1.82) is 0 Å². The van der Waals surface area contributed by atoms with Crippen molar-refractivity contribution in [2.45, 2.75) is 64.5 Å². The Morgan fingerprint density at radius 3 is 2.94 bits per heavy atom. The number of aromatic amines is 1. The van der Waals surface area contributed by atoms with Gasteiger partial charge in [-0.1, -0.05) is 32.6 Å². The Bertz CT molecular complexity index is 300. The minimum absolute atomic E-state index is 0.728. The van der Waals surface area contributed by atoms with E-state index in [1.165, 1.54) is 49.9 Å². The van der Waals surface area contributed by atoms with Crippen LogP contribution in [0.4, 0.5) is 0 Å². The molecule has 3 nitrogen and oxygen atoms in total. The first-order valence-corrected chi connectivity index (χ1v) is 6.65. The minimum Gasteiger partial charge on any atom is -0.308 e. The highest BCUT2D eigenvalue weighted by atomic mass is 15.1. The summed E-state index contributed by atoms with van der Waals surface area (Å²) in [7, 11) is 0. The Hall–Kier alpha value is -0.830. The molecule has 0 spiro atoms. The predicted octanol–water partition coefficient (Wildman–Crippen LogP) is 2.78. The SMILES string of the molecule is CCCc1cc(CNC2CCCCC2)[nH]n1. The van der Waals surface area contributed by atoms with Gasteiger partial charge in [-0.25, -0.2) is 0 Å². The van der Waals surface area contributed by atoms with Gasteiger partial charge >= 0.3 is 0 Å². The summed E-state index contributed by atoms with van der Waals surface area (Å²) < 4.78 is 0. The molecule has 0 aromatic carbocycles. The molecule has 16 heavy (non-hydrogen) atoms. The summed E-state index contributed by atoms with van der Waals surface area (Å²) in [6.45, 7) is 3.13. The minimum atomic E-state index is 0.728. The zero-order chi connectivity index (χ0) is 11.2. The van der Waals surface area contributed by atoms with Gasteiger partial charge in [0.25, 0.3) is 0 Å². The van der Waals surface area contributed by atoms with Crippen molar-refractivity contribution in [3.05, 3.63) is 17.5 Å². The standard InChI is InChI=1S/C13H23N3/c1-2-6-12-9-13(16-15-12)10-14-11-7-4-3-5-8-11/h9,11,14H,2-8,10H2,1H3,(H,15,16). The average Bonchev–Trinajstić information content (AvgIpc) is 2.76. The van der Waals surface area contributed by atoms with E-state index in [1.807, 2.05) is 0 Å². The van der Waals surface area contributed by atoms with Crippen LogP contribution in [-0.2, 0) is 13.0 Å². The van der Waals surface area contributed by atoms with E-state index in [1.54, 1.807) is 0 Å². The molecule has 2 N–H and O–H groups in total. The number of hydrogen-bond donors (Lipinski definition) is 2. The summed E-state index contributed by atoms with van der Waals surface area (Å²) in [5, 5.41) is 11.0. The number of hydrogen-bond acceptors (Lipinski definition) is 2. The third kappa shape index (κ3) is 3.34. The number of nitrogens with one attached hydrogen (secondary N) is 2. The van der Waals surface area contributed by atoms with Crippen LogP contribution in [-0.4, -0.2) is 16.2 Å². The van der Waals surface area contributed by atoms with Crippen LogP contribution in [0.1, 0.15) is 56.8 Å². The summed E-state index contributed by atoms with van der Waals surface area (Å²) in [6.07, 6.45) is 9.14. The number of nitrogens with zero attached hydrogens (tertiary/aromatic N) is 1. The zero-order valence-corrected chi connectivity index (χ0v) is 10.3. The van der Waals surface area contributed by atoms with E-state index in [0.717, 1.165) is 19.0 Å². The maximum atomic E-state index is 4.30. The van der Waals surface area contributed by atoms with Crippen LogP contribution < -0.4 is 5.32 Å². The van der Waals surface area contributed by atoms with Crippen LogP contribution in [0.5, 0.6) is 0 Å². The van der Waals surface area contributed by atoms with Crippen LogP contribution >= 0.6 is 0 Å². The summed E-state index contributed by atoms with van der Waals surface area (Å²) in [4.78, 5) is 0. The second kappa shape index (κ2) is 6.04. The fraction of sp³-hybridized carbons (Fsp3) is 0.769. The largest absolute Gasteiger partial charge is 0.308 e. The van der Waals surface area contributed by atoms with Crippen LogP contribution in [0.2, 0.25) is 0 Å². The smallest absolute Gasteiger partial charge is 0.0625 e.